The van der Waals surface area contributed by atoms with Gasteiger partial charge in [-0.05, 0) is 25.1 Å². The van der Waals surface area contributed by atoms with E-state index in [9.17, 15) is 18.0 Å². The summed E-state index contributed by atoms with van der Waals surface area (Å²) in [7, 11) is 0. The maximum absolute atomic E-state index is 13.0. The van der Waals surface area contributed by atoms with Crippen LogP contribution in [0.15, 0.2) is 42.1 Å². The van der Waals surface area contributed by atoms with Crippen LogP contribution in [0.3, 0.4) is 0 Å². The molecule has 12 heteroatoms. The van der Waals surface area contributed by atoms with Crippen LogP contribution in [0.5, 0.6) is 0 Å². The van der Waals surface area contributed by atoms with Crippen LogP contribution in [0, 0.1) is 6.92 Å². The largest absolute Gasteiger partial charge is 0.416 e. The van der Waals surface area contributed by atoms with Crippen molar-refractivity contribution in [3.05, 3.63) is 48.2 Å². The van der Waals surface area contributed by atoms with Gasteiger partial charge in [0.25, 0.3) is 0 Å². The smallest absolute Gasteiger partial charge is 0.384 e. The number of aromatic nitrogens is 5. The number of alkyl halides is 3. The number of amides is 1. The molecule has 146 valence electrons. The van der Waals surface area contributed by atoms with Gasteiger partial charge < -0.3 is 11.1 Å². The highest BCUT2D eigenvalue weighted by Gasteiger charge is 2.31. The Kier molecular flexibility index (Phi) is 5.49. The fourth-order valence-electron chi connectivity index (χ4n) is 2.29. The van der Waals surface area contributed by atoms with Gasteiger partial charge in [0.2, 0.25) is 5.91 Å². The molecule has 0 saturated carbocycles. The van der Waals surface area contributed by atoms with Crippen LogP contribution in [-0.2, 0) is 11.0 Å². The quantitative estimate of drug-likeness (QED) is 0.492. The van der Waals surface area contributed by atoms with Crippen molar-refractivity contribution in [3.8, 4) is 5.69 Å². The number of benzene rings is 1. The van der Waals surface area contributed by atoms with Gasteiger partial charge in [-0.1, -0.05) is 11.8 Å². The highest BCUT2D eigenvalue weighted by Crippen LogP contribution is 2.33. The maximum Gasteiger partial charge on any atom is 0.416 e. The first-order valence-electron chi connectivity index (χ1n) is 7.82. The number of halogens is 3. The SMILES string of the molecule is Cc1cc(N)nc(SCC(=O)Nc2cc(C(F)(F)F)ccc2-n2cncn2)n1. The number of nitrogens with two attached hydrogens (primary N) is 1. The van der Waals surface area contributed by atoms with Crippen molar-refractivity contribution in [2.75, 3.05) is 16.8 Å². The Hall–Kier alpha value is -3.15. The average molecular weight is 409 g/mol. The van der Waals surface area contributed by atoms with E-state index >= 15 is 0 Å². The van der Waals surface area contributed by atoms with Crippen LogP contribution in [0.25, 0.3) is 5.69 Å². The van der Waals surface area contributed by atoms with Gasteiger partial charge in [-0.2, -0.15) is 18.3 Å². The molecule has 0 aliphatic carbocycles. The third-order valence-corrected chi connectivity index (χ3v) is 4.30. The van der Waals surface area contributed by atoms with Gasteiger partial charge in [0.1, 0.15) is 18.5 Å². The van der Waals surface area contributed by atoms with Crippen LogP contribution in [0.4, 0.5) is 24.7 Å². The predicted molar refractivity (Wildman–Crippen MR) is 96.9 cm³/mol. The minimum absolute atomic E-state index is 0.0457. The molecule has 3 N–H and O–H groups in total. The number of carbonyl (C=O) groups excluding carboxylic acids is 1. The van der Waals surface area contributed by atoms with Crippen molar-refractivity contribution in [2.45, 2.75) is 18.3 Å². The number of nitrogens with one attached hydrogen (secondary N) is 1. The molecule has 28 heavy (non-hydrogen) atoms. The first kappa shape index (κ1) is 19.6. The van der Waals surface area contributed by atoms with Gasteiger partial charge in [0.05, 0.1) is 22.7 Å². The van der Waals surface area contributed by atoms with Crippen LogP contribution in [0.2, 0.25) is 0 Å². The summed E-state index contributed by atoms with van der Waals surface area (Å²) in [5.74, 6) is -0.383. The highest BCUT2D eigenvalue weighted by atomic mass is 32.2. The summed E-state index contributed by atoms with van der Waals surface area (Å²) in [6.07, 6.45) is -2.00. The molecule has 8 nitrogen and oxygen atoms in total. The van der Waals surface area contributed by atoms with E-state index in [1.165, 1.54) is 23.4 Å². The Labute approximate surface area is 161 Å². The lowest BCUT2D eigenvalue weighted by Crippen LogP contribution is -2.17. The topological polar surface area (TPSA) is 112 Å². The Morgan fingerprint density at radius 1 is 1.29 bits per heavy atom. The first-order chi connectivity index (χ1) is 13.2. The van der Waals surface area contributed by atoms with Crippen LogP contribution < -0.4 is 11.1 Å². The highest BCUT2D eigenvalue weighted by molar-refractivity contribution is 7.99. The Morgan fingerprint density at radius 2 is 2.07 bits per heavy atom. The molecule has 2 aromatic heterocycles. The fraction of sp³-hybridized carbons (Fsp3) is 0.188. The molecule has 0 bridgehead atoms. The van der Waals surface area contributed by atoms with Crippen molar-refractivity contribution >= 4 is 29.2 Å². The molecule has 0 aliphatic rings. The number of aryl methyl sites for hydroxylation is 1. The second-order valence-electron chi connectivity index (χ2n) is 5.62. The zero-order chi connectivity index (χ0) is 20.3. The van der Waals surface area contributed by atoms with Gasteiger partial charge in [-0.3, -0.25) is 4.79 Å². The Balaban J connectivity index is 1.80. The minimum atomic E-state index is -4.55. The fourth-order valence-corrected chi connectivity index (χ4v) is 3.00. The number of hydrogen-bond donors (Lipinski definition) is 2. The average Bonchev–Trinajstić information content (AvgIpc) is 3.13. The monoisotopic (exact) mass is 409 g/mol. The molecule has 3 rings (SSSR count). The third kappa shape index (κ3) is 4.76. The molecule has 0 unspecified atom stereocenters. The van der Waals surface area contributed by atoms with Crippen LogP contribution in [-0.4, -0.2) is 36.4 Å². The van der Waals surface area contributed by atoms with Gasteiger partial charge in [0.15, 0.2) is 5.16 Å². The number of anilines is 2. The second-order valence-corrected chi connectivity index (χ2v) is 6.57. The van der Waals surface area contributed by atoms with Gasteiger partial charge >= 0.3 is 6.18 Å². The van der Waals surface area contributed by atoms with E-state index in [4.69, 9.17) is 5.73 Å². The molecule has 1 aromatic carbocycles. The van der Waals surface area contributed by atoms with E-state index < -0.39 is 17.6 Å². The van der Waals surface area contributed by atoms with Crippen molar-refractivity contribution in [1.29, 1.82) is 0 Å². The second kappa shape index (κ2) is 7.84. The van der Waals surface area contributed by atoms with Crippen molar-refractivity contribution in [1.82, 2.24) is 24.7 Å². The summed E-state index contributed by atoms with van der Waals surface area (Å²) in [6.45, 7) is 1.73. The number of nitrogen functional groups attached to an aromatic ring is 1. The number of nitrogens with zero attached hydrogens (tertiary/aromatic N) is 5. The van der Waals surface area contributed by atoms with Crippen molar-refractivity contribution in [2.24, 2.45) is 0 Å². The summed E-state index contributed by atoms with van der Waals surface area (Å²) < 4.78 is 40.4. The summed E-state index contributed by atoms with van der Waals surface area (Å²) in [6, 6.07) is 4.55. The third-order valence-electron chi connectivity index (χ3n) is 3.45. The van der Waals surface area contributed by atoms with Gasteiger partial charge in [-0.25, -0.2) is 19.6 Å². The zero-order valence-corrected chi connectivity index (χ0v) is 15.3. The van der Waals surface area contributed by atoms with E-state index in [0.717, 1.165) is 23.9 Å². The zero-order valence-electron chi connectivity index (χ0n) is 14.4. The summed E-state index contributed by atoms with van der Waals surface area (Å²) in [4.78, 5) is 24.2. The molecule has 0 radical (unpaired) electrons. The predicted octanol–water partition coefficient (Wildman–Crippen LogP) is 2.70. The number of carbonyl (C=O) groups is 1. The van der Waals surface area contributed by atoms with E-state index in [0.29, 0.717) is 10.9 Å². The molecule has 1 amide bonds. The molecule has 0 fully saturated rings. The summed E-state index contributed by atoms with van der Waals surface area (Å²) in [5.41, 5.74) is 5.58. The lowest BCUT2D eigenvalue weighted by Gasteiger charge is -2.14. The molecule has 2 heterocycles. The van der Waals surface area contributed by atoms with Crippen molar-refractivity contribution in [3.63, 3.8) is 0 Å². The molecule has 0 saturated heterocycles. The molecular weight excluding hydrogens is 395 g/mol. The van der Waals surface area contributed by atoms with E-state index in [2.05, 4.69) is 25.4 Å². The van der Waals surface area contributed by atoms with E-state index in [1.54, 1.807) is 13.0 Å². The van der Waals surface area contributed by atoms with E-state index in [-0.39, 0.29) is 22.9 Å². The molecule has 3 aromatic rings. The molecule has 0 atom stereocenters. The lowest BCUT2D eigenvalue weighted by molar-refractivity contribution is -0.137. The van der Waals surface area contributed by atoms with E-state index in [1.807, 2.05) is 0 Å². The van der Waals surface area contributed by atoms with Crippen molar-refractivity contribution < 1.29 is 18.0 Å². The lowest BCUT2D eigenvalue weighted by atomic mass is 10.1. The van der Waals surface area contributed by atoms with Crippen LogP contribution >= 0.6 is 11.8 Å². The maximum atomic E-state index is 13.0. The number of hydrogen-bond acceptors (Lipinski definition) is 7. The Morgan fingerprint density at radius 3 is 2.71 bits per heavy atom. The molecule has 0 aliphatic heterocycles. The first-order valence-corrected chi connectivity index (χ1v) is 8.81. The molecular formula is C16H14F3N7OS. The van der Waals surface area contributed by atoms with Gasteiger partial charge in [-0.15, -0.1) is 0 Å². The molecule has 0 spiro atoms. The number of thioether (sulfide) groups is 1. The normalized spacial score (nSPS) is 11.4. The Bertz CT molecular complexity index is 972. The summed E-state index contributed by atoms with van der Waals surface area (Å²) in [5, 5.41) is 6.67. The van der Waals surface area contributed by atoms with Crippen LogP contribution in [0.1, 0.15) is 11.3 Å². The number of rotatable bonds is 5. The summed E-state index contributed by atoms with van der Waals surface area (Å²) >= 11 is 1.02. The van der Waals surface area contributed by atoms with Gasteiger partial charge in [0, 0.05) is 11.8 Å². The minimum Gasteiger partial charge on any atom is -0.384 e. The standard InChI is InChI=1S/C16H14F3N7OS/c1-9-4-13(20)25-15(23-9)28-6-14(27)24-11-5-10(16(17,18)19)2-3-12(11)26-8-21-7-22-26/h2-5,7-8H,6H2,1H3,(H,24,27)(H2,20,23,25).